The van der Waals surface area contributed by atoms with E-state index in [1.54, 1.807) is 0 Å². The standard InChI is InChI=1S/C27H32ClFN2O3/c1-27(2,3)19-6-4-16(5-7-19)14-30-26(33)21-13-24(18-10-17(21)11-18)31-25(32)15-34-20-8-9-22(28)23(29)12-20/h4-9,12,17-18,21,24H,10-11,13-15H2,1-3H3,(H,30,33)(H,31,32)/t17?,18?,21?,24-/m0/s1. The Morgan fingerprint density at radius 1 is 1.06 bits per heavy atom. The lowest BCUT2D eigenvalue weighted by Gasteiger charge is -2.50. The van der Waals surface area contributed by atoms with Crippen LogP contribution in [0.5, 0.6) is 5.75 Å². The van der Waals surface area contributed by atoms with E-state index in [0.29, 0.717) is 24.8 Å². The van der Waals surface area contributed by atoms with Crippen LogP contribution in [-0.4, -0.2) is 24.5 Å². The molecule has 2 N–H and O–H groups in total. The zero-order valence-corrected chi connectivity index (χ0v) is 20.6. The van der Waals surface area contributed by atoms with Gasteiger partial charge in [-0.25, -0.2) is 4.39 Å². The third-order valence-electron chi connectivity index (χ3n) is 7.09. The van der Waals surface area contributed by atoms with Crippen molar-refractivity contribution in [2.75, 3.05) is 6.61 Å². The predicted molar refractivity (Wildman–Crippen MR) is 130 cm³/mol. The highest BCUT2D eigenvalue weighted by Crippen LogP contribution is 2.49. The van der Waals surface area contributed by atoms with Crippen molar-refractivity contribution in [3.05, 3.63) is 64.4 Å². The van der Waals surface area contributed by atoms with Gasteiger partial charge in [-0.05, 0) is 59.8 Å². The molecule has 5 rings (SSSR count). The molecule has 0 heterocycles. The number of nitrogens with one attached hydrogen (secondary N) is 2. The second-order valence-corrected chi connectivity index (χ2v) is 10.9. The number of carbonyl (C=O) groups is 2. The summed E-state index contributed by atoms with van der Waals surface area (Å²) in [5.41, 5.74) is 2.43. The van der Waals surface area contributed by atoms with Gasteiger partial charge in [-0.1, -0.05) is 56.6 Å². The summed E-state index contributed by atoms with van der Waals surface area (Å²) in [5.74, 6) is 0.114. The number of amides is 2. The van der Waals surface area contributed by atoms with Gasteiger partial charge in [0.1, 0.15) is 11.6 Å². The Labute approximate surface area is 205 Å². The molecule has 34 heavy (non-hydrogen) atoms. The van der Waals surface area contributed by atoms with Crippen molar-refractivity contribution in [3.63, 3.8) is 0 Å². The number of ether oxygens (including phenoxy) is 1. The summed E-state index contributed by atoms with van der Waals surface area (Å²) in [7, 11) is 0. The van der Waals surface area contributed by atoms with Crippen LogP contribution in [0.2, 0.25) is 5.02 Å². The highest BCUT2D eigenvalue weighted by atomic mass is 35.5. The predicted octanol–water partition coefficient (Wildman–Crippen LogP) is 5.00. The normalized spacial score (nSPS) is 23.6. The van der Waals surface area contributed by atoms with Crippen LogP contribution in [0.15, 0.2) is 42.5 Å². The van der Waals surface area contributed by atoms with Gasteiger partial charge in [0.15, 0.2) is 6.61 Å². The molecule has 3 saturated carbocycles. The average molecular weight is 487 g/mol. The van der Waals surface area contributed by atoms with Crippen molar-refractivity contribution in [3.8, 4) is 5.75 Å². The molecule has 1 unspecified atom stereocenters. The first-order valence-corrected chi connectivity index (χ1v) is 12.2. The molecule has 2 aromatic carbocycles. The van der Waals surface area contributed by atoms with E-state index in [9.17, 15) is 14.0 Å². The topological polar surface area (TPSA) is 67.4 Å². The molecule has 0 spiro atoms. The fourth-order valence-corrected chi connectivity index (χ4v) is 5.05. The third-order valence-corrected chi connectivity index (χ3v) is 7.39. The lowest BCUT2D eigenvalue weighted by Crippen LogP contribution is -2.56. The molecule has 3 aliphatic rings. The SMILES string of the molecule is CC(C)(C)c1ccc(CNC(=O)C2C[C@H](NC(=O)COc3ccc(Cl)c(F)c3)C3CC2C3)cc1. The minimum atomic E-state index is -0.591. The lowest BCUT2D eigenvalue weighted by molar-refractivity contribution is -0.136. The zero-order chi connectivity index (χ0) is 24.5. The first-order valence-electron chi connectivity index (χ1n) is 11.8. The molecule has 2 bridgehead atoms. The van der Waals surface area contributed by atoms with E-state index in [0.717, 1.165) is 24.5 Å². The first-order chi connectivity index (χ1) is 16.1. The van der Waals surface area contributed by atoms with Crippen LogP contribution in [0.1, 0.15) is 51.2 Å². The summed E-state index contributed by atoms with van der Waals surface area (Å²) in [5, 5.41) is 6.11. The molecule has 0 aliphatic heterocycles. The number of rotatable bonds is 7. The van der Waals surface area contributed by atoms with E-state index in [1.807, 2.05) is 0 Å². The second-order valence-electron chi connectivity index (χ2n) is 10.5. The lowest BCUT2D eigenvalue weighted by atomic mass is 9.57. The first kappa shape index (κ1) is 24.5. The van der Waals surface area contributed by atoms with Gasteiger partial charge in [0.2, 0.25) is 5.91 Å². The number of halogens is 2. The van der Waals surface area contributed by atoms with Crippen LogP contribution in [-0.2, 0) is 21.5 Å². The van der Waals surface area contributed by atoms with Gasteiger partial charge < -0.3 is 15.4 Å². The third kappa shape index (κ3) is 5.72. The summed E-state index contributed by atoms with van der Waals surface area (Å²) in [6.07, 6.45) is 2.53. The molecular formula is C27H32ClFN2O3. The number of hydrogen-bond acceptors (Lipinski definition) is 3. The molecule has 5 nitrogen and oxygen atoms in total. The molecule has 0 radical (unpaired) electrons. The van der Waals surface area contributed by atoms with Crippen molar-refractivity contribution in [2.45, 2.75) is 58.0 Å². The average Bonchev–Trinajstić information content (AvgIpc) is 2.77. The van der Waals surface area contributed by atoms with E-state index >= 15 is 0 Å². The summed E-state index contributed by atoms with van der Waals surface area (Å²) in [6, 6.07) is 12.4. The largest absolute Gasteiger partial charge is 0.484 e. The van der Waals surface area contributed by atoms with Crippen LogP contribution >= 0.6 is 11.6 Å². The van der Waals surface area contributed by atoms with Gasteiger partial charge in [0.05, 0.1) is 5.02 Å². The Balaban J connectivity index is 1.26. The molecular weight excluding hydrogens is 455 g/mol. The van der Waals surface area contributed by atoms with Gasteiger partial charge in [-0.15, -0.1) is 0 Å². The Morgan fingerprint density at radius 3 is 2.41 bits per heavy atom. The zero-order valence-electron chi connectivity index (χ0n) is 19.9. The number of fused-ring (bicyclic) bond motifs is 2. The van der Waals surface area contributed by atoms with Crippen molar-refractivity contribution in [2.24, 2.45) is 17.8 Å². The van der Waals surface area contributed by atoms with E-state index in [-0.39, 0.29) is 46.6 Å². The maximum atomic E-state index is 13.5. The molecule has 3 fully saturated rings. The van der Waals surface area contributed by atoms with Gasteiger partial charge in [-0.3, -0.25) is 9.59 Å². The molecule has 7 heteroatoms. The van der Waals surface area contributed by atoms with Crippen molar-refractivity contribution >= 4 is 23.4 Å². The minimum Gasteiger partial charge on any atom is -0.484 e. The Kier molecular flexibility index (Phi) is 7.17. The molecule has 2 amide bonds. The fourth-order valence-electron chi connectivity index (χ4n) is 4.93. The van der Waals surface area contributed by atoms with E-state index in [1.165, 1.54) is 17.7 Å². The van der Waals surface area contributed by atoms with Crippen molar-refractivity contribution in [1.82, 2.24) is 10.6 Å². The summed E-state index contributed by atoms with van der Waals surface area (Å²) in [4.78, 5) is 25.4. The van der Waals surface area contributed by atoms with E-state index < -0.39 is 5.82 Å². The second kappa shape index (κ2) is 9.95. The summed E-state index contributed by atoms with van der Waals surface area (Å²) in [6.45, 7) is 6.82. The summed E-state index contributed by atoms with van der Waals surface area (Å²) >= 11 is 5.67. The van der Waals surface area contributed by atoms with Gasteiger partial charge in [0, 0.05) is 24.6 Å². The van der Waals surface area contributed by atoms with Crippen LogP contribution in [0, 0.1) is 23.6 Å². The molecule has 0 saturated heterocycles. The summed E-state index contributed by atoms with van der Waals surface area (Å²) < 4.78 is 18.9. The van der Waals surface area contributed by atoms with Crippen molar-refractivity contribution in [1.29, 1.82) is 0 Å². The van der Waals surface area contributed by atoms with Crippen LogP contribution in [0.4, 0.5) is 4.39 Å². The van der Waals surface area contributed by atoms with Crippen LogP contribution < -0.4 is 15.4 Å². The highest BCUT2D eigenvalue weighted by molar-refractivity contribution is 6.30. The maximum Gasteiger partial charge on any atom is 0.258 e. The number of hydrogen-bond donors (Lipinski definition) is 2. The Bertz CT molecular complexity index is 1040. The maximum absolute atomic E-state index is 13.5. The number of carbonyl (C=O) groups excluding carboxylic acids is 2. The minimum absolute atomic E-state index is 0.00443. The van der Waals surface area contributed by atoms with Crippen LogP contribution in [0.25, 0.3) is 0 Å². The Morgan fingerprint density at radius 2 is 1.76 bits per heavy atom. The van der Waals surface area contributed by atoms with E-state index in [4.69, 9.17) is 16.3 Å². The fraction of sp³-hybridized carbons (Fsp3) is 0.481. The quantitative estimate of drug-likeness (QED) is 0.578. The molecule has 2 atom stereocenters. The van der Waals surface area contributed by atoms with Gasteiger partial charge in [-0.2, -0.15) is 0 Å². The molecule has 2 aromatic rings. The van der Waals surface area contributed by atoms with Crippen molar-refractivity contribution < 1.29 is 18.7 Å². The molecule has 3 aliphatic carbocycles. The monoisotopic (exact) mass is 486 g/mol. The van der Waals surface area contributed by atoms with Crippen LogP contribution in [0.3, 0.4) is 0 Å². The van der Waals surface area contributed by atoms with Gasteiger partial charge >= 0.3 is 0 Å². The number of benzene rings is 2. The highest BCUT2D eigenvalue weighted by Gasteiger charge is 2.48. The van der Waals surface area contributed by atoms with E-state index in [2.05, 4.69) is 55.7 Å². The molecule has 0 aromatic heterocycles. The smallest absolute Gasteiger partial charge is 0.258 e. The molecule has 182 valence electrons. The Hall–Kier alpha value is -2.60. The van der Waals surface area contributed by atoms with Gasteiger partial charge in [0.25, 0.3) is 5.91 Å².